The number of aliphatic hydroxyl groups is 1. The summed E-state index contributed by atoms with van der Waals surface area (Å²) in [6, 6.07) is 7.37. The molecule has 2 aliphatic rings. The molecular weight excluding hydrogens is 290 g/mol. The van der Waals surface area contributed by atoms with Gasteiger partial charge in [0.05, 0.1) is 31.7 Å². The molecule has 1 amide bonds. The van der Waals surface area contributed by atoms with Crippen LogP contribution in [0.3, 0.4) is 0 Å². The van der Waals surface area contributed by atoms with Crippen molar-refractivity contribution in [2.24, 2.45) is 0 Å². The average Bonchev–Trinajstić information content (AvgIpc) is 2.76. The lowest BCUT2D eigenvalue weighted by atomic mass is 9.83. The molecule has 2 saturated heterocycles. The minimum absolute atomic E-state index is 0.0819. The molecule has 21 heavy (non-hydrogen) atoms. The number of amides is 1. The van der Waals surface area contributed by atoms with Gasteiger partial charge in [0.1, 0.15) is 5.60 Å². The number of halogens is 1. The molecule has 1 spiro atoms. The number of nitrogens with zero attached hydrogens (tertiary/aromatic N) is 1. The summed E-state index contributed by atoms with van der Waals surface area (Å²) in [6.07, 6.45) is 1.66. The van der Waals surface area contributed by atoms with Crippen molar-refractivity contribution >= 4 is 17.5 Å². The van der Waals surface area contributed by atoms with E-state index in [0.29, 0.717) is 44.0 Å². The second-order valence-corrected chi connectivity index (χ2v) is 6.72. The van der Waals surface area contributed by atoms with Crippen molar-refractivity contribution in [3.8, 4) is 0 Å². The molecule has 0 bridgehead atoms. The molecule has 5 heteroatoms. The Hall–Kier alpha value is -1.10. The standard InChI is InChI=1S/C16H20ClNO3/c1-2-15(20)8-16(21-11-15)9-18(10-16)14(19)7-12-4-3-5-13(17)6-12/h3-6,20H,2,7-11H2,1H3. The summed E-state index contributed by atoms with van der Waals surface area (Å²) in [4.78, 5) is 14.0. The van der Waals surface area contributed by atoms with E-state index in [1.807, 2.05) is 25.1 Å². The van der Waals surface area contributed by atoms with Gasteiger partial charge in [-0.3, -0.25) is 4.79 Å². The van der Waals surface area contributed by atoms with Crippen LogP contribution in [0.25, 0.3) is 0 Å². The Balaban J connectivity index is 1.56. The highest BCUT2D eigenvalue weighted by Crippen LogP contribution is 2.41. The van der Waals surface area contributed by atoms with Gasteiger partial charge in [0, 0.05) is 11.4 Å². The normalized spacial score (nSPS) is 26.9. The van der Waals surface area contributed by atoms with Crippen LogP contribution in [-0.4, -0.2) is 46.8 Å². The maximum atomic E-state index is 12.2. The van der Waals surface area contributed by atoms with E-state index >= 15 is 0 Å². The van der Waals surface area contributed by atoms with Crippen molar-refractivity contribution in [1.82, 2.24) is 4.90 Å². The average molecular weight is 310 g/mol. The minimum atomic E-state index is -0.720. The Kier molecular flexibility index (Phi) is 3.72. The molecule has 1 N–H and O–H groups in total. The van der Waals surface area contributed by atoms with Crippen LogP contribution in [0.4, 0.5) is 0 Å². The highest BCUT2D eigenvalue weighted by Gasteiger charge is 2.55. The molecule has 2 aliphatic heterocycles. The van der Waals surface area contributed by atoms with Gasteiger partial charge in [0.15, 0.2) is 0 Å². The molecule has 114 valence electrons. The van der Waals surface area contributed by atoms with Gasteiger partial charge >= 0.3 is 0 Å². The minimum Gasteiger partial charge on any atom is -0.387 e. The Morgan fingerprint density at radius 2 is 2.24 bits per heavy atom. The lowest BCUT2D eigenvalue weighted by molar-refractivity contribution is -0.157. The molecule has 1 aromatic carbocycles. The van der Waals surface area contributed by atoms with Crippen molar-refractivity contribution in [3.63, 3.8) is 0 Å². The first kappa shape index (κ1) is 14.8. The maximum Gasteiger partial charge on any atom is 0.227 e. The van der Waals surface area contributed by atoms with Gasteiger partial charge < -0.3 is 14.7 Å². The van der Waals surface area contributed by atoms with Gasteiger partial charge in [-0.2, -0.15) is 0 Å². The first-order chi connectivity index (χ1) is 9.94. The van der Waals surface area contributed by atoms with Gasteiger partial charge in [-0.25, -0.2) is 0 Å². The molecule has 1 aromatic rings. The molecule has 0 aliphatic carbocycles. The van der Waals surface area contributed by atoms with Gasteiger partial charge in [-0.1, -0.05) is 30.7 Å². The zero-order valence-electron chi connectivity index (χ0n) is 12.1. The lowest BCUT2D eigenvalue weighted by Gasteiger charge is -2.47. The van der Waals surface area contributed by atoms with Crippen LogP contribution in [0.15, 0.2) is 24.3 Å². The first-order valence-corrected chi connectivity index (χ1v) is 7.70. The van der Waals surface area contributed by atoms with Crippen LogP contribution in [0, 0.1) is 0 Å². The Labute approximate surface area is 129 Å². The molecule has 1 atom stereocenters. The fourth-order valence-corrected chi connectivity index (χ4v) is 3.39. The van der Waals surface area contributed by atoms with Gasteiger partial charge in [-0.05, 0) is 24.1 Å². The zero-order chi connectivity index (χ0) is 15.1. The van der Waals surface area contributed by atoms with Crippen LogP contribution >= 0.6 is 11.6 Å². The zero-order valence-corrected chi connectivity index (χ0v) is 12.9. The number of benzene rings is 1. The molecule has 0 aromatic heterocycles. The van der Waals surface area contributed by atoms with Gasteiger partial charge in [0.25, 0.3) is 0 Å². The van der Waals surface area contributed by atoms with E-state index in [2.05, 4.69) is 0 Å². The molecule has 0 radical (unpaired) electrons. The smallest absolute Gasteiger partial charge is 0.227 e. The van der Waals surface area contributed by atoms with Crippen molar-refractivity contribution < 1.29 is 14.6 Å². The van der Waals surface area contributed by atoms with E-state index < -0.39 is 5.60 Å². The largest absolute Gasteiger partial charge is 0.387 e. The number of carbonyl (C=O) groups excluding carboxylic acids is 1. The van der Waals surface area contributed by atoms with Gasteiger partial charge in [-0.15, -0.1) is 0 Å². The summed E-state index contributed by atoms with van der Waals surface area (Å²) in [7, 11) is 0. The van der Waals surface area contributed by atoms with Crippen LogP contribution < -0.4 is 0 Å². The summed E-state index contributed by atoms with van der Waals surface area (Å²) in [5.41, 5.74) is -0.123. The van der Waals surface area contributed by atoms with E-state index in [0.717, 1.165) is 5.56 Å². The Morgan fingerprint density at radius 3 is 2.86 bits per heavy atom. The monoisotopic (exact) mass is 309 g/mol. The first-order valence-electron chi connectivity index (χ1n) is 7.32. The highest BCUT2D eigenvalue weighted by atomic mass is 35.5. The van der Waals surface area contributed by atoms with Gasteiger partial charge in [0.2, 0.25) is 5.91 Å². The third-order valence-electron chi connectivity index (χ3n) is 4.51. The van der Waals surface area contributed by atoms with Crippen LogP contribution in [0.1, 0.15) is 25.3 Å². The predicted molar refractivity (Wildman–Crippen MR) is 80.3 cm³/mol. The fourth-order valence-electron chi connectivity index (χ4n) is 3.18. The van der Waals surface area contributed by atoms with Crippen LogP contribution in [0.2, 0.25) is 5.02 Å². The molecule has 3 rings (SSSR count). The SMILES string of the molecule is CCC1(O)COC2(CN(C(=O)Cc3cccc(Cl)c3)C2)C1. The van der Waals surface area contributed by atoms with Crippen molar-refractivity contribution in [1.29, 1.82) is 0 Å². The fraction of sp³-hybridized carbons (Fsp3) is 0.562. The molecule has 2 heterocycles. The molecule has 2 fully saturated rings. The number of hydrogen-bond acceptors (Lipinski definition) is 3. The predicted octanol–water partition coefficient (Wildman–Crippen LogP) is 2.02. The number of rotatable bonds is 3. The van der Waals surface area contributed by atoms with Crippen LogP contribution in [0.5, 0.6) is 0 Å². The summed E-state index contributed by atoms with van der Waals surface area (Å²) < 4.78 is 5.77. The summed E-state index contributed by atoms with van der Waals surface area (Å²) in [6.45, 7) is 3.49. The number of likely N-dealkylation sites (tertiary alicyclic amines) is 1. The molecule has 0 saturated carbocycles. The van der Waals surface area contributed by atoms with Crippen molar-refractivity contribution in [2.45, 2.75) is 37.4 Å². The van der Waals surface area contributed by atoms with E-state index in [-0.39, 0.29) is 11.5 Å². The third-order valence-corrected chi connectivity index (χ3v) is 4.75. The Bertz CT molecular complexity index is 556. The summed E-state index contributed by atoms with van der Waals surface area (Å²) in [5, 5.41) is 10.9. The van der Waals surface area contributed by atoms with Crippen molar-refractivity contribution in [2.75, 3.05) is 19.7 Å². The topological polar surface area (TPSA) is 49.8 Å². The number of carbonyl (C=O) groups is 1. The molecule has 1 unspecified atom stereocenters. The van der Waals surface area contributed by atoms with E-state index in [4.69, 9.17) is 16.3 Å². The third kappa shape index (κ3) is 2.93. The molecule has 4 nitrogen and oxygen atoms in total. The van der Waals surface area contributed by atoms with Crippen molar-refractivity contribution in [3.05, 3.63) is 34.9 Å². The van der Waals surface area contributed by atoms with E-state index in [9.17, 15) is 9.90 Å². The Morgan fingerprint density at radius 1 is 1.48 bits per heavy atom. The second-order valence-electron chi connectivity index (χ2n) is 6.28. The van der Waals surface area contributed by atoms with E-state index in [1.165, 1.54) is 0 Å². The maximum absolute atomic E-state index is 12.2. The number of ether oxygens (including phenoxy) is 1. The highest BCUT2D eigenvalue weighted by molar-refractivity contribution is 6.30. The second kappa shape index (κ2) is 5.27. The quantitative estimate of drug-likeness (QED) is 0.929. The lowest BCUT2D eigenvalue weighted by Crippen LogP contribution is -2.63. The summed E-state index contributed by atoms with van der Waals surface area (Å²) in [5.74, 6) is 0.0819. The molecular formula is C16H20ClNO3. The summed E-state index contributed by atoms with van der Waals surface area (Å²) >= 11 is 5.93. The number of hydrogen-bond donors (Lipinski definition) is 1. The van der Waals surface area contributed by atoms with Crippen LogP contribution in [-0.2, 0) is 16.0 Å². The van der Waals surface area contributed by atoms with E-state index in [1.54, 1.807) is 11.0 Å².